The van der Waals surface area contributed by atoms with Crippen molar-refractivity contribution < 1.29 is 9.47 Å². The van der Waals surface area contributed by atoms with Crippen LogP contribution in [0.3, 0.4) is 0 Å². The van der Waals surface area contributed by atoms with Crippen molar-refractivity contribution in [2.24, 2.45) is 5.10 Å². The second-order valence-corrected chi connectivity index (χ2v) is 7.69. The number of aromatic amines is 1. The Morgan fingerprint density at radius 2 is 1.90 bits per heavy atom. The van der Waals surface area contributed by atoms with E-state index in [0.717, 1.165) is 11.1 Å². The Morgan fingerprint density at radius 1 is 1.13 bits per heavy atom. The van der Waals surface area contributed by atoms with Gasteiger partial charge in [-0.3, -0.25) is 5.43 Å². The highest BCUT2D eigenvalue weighted by Crippen LogP contribution is 2.29. The zero-order valence-electron chi connectivity index (χ0n) is 17.5. The lowest BCUT2D eigenvalue weighted by Gasteiger charge is -2.19. The first-order valence-corrected chi connectivity index (χ1v) is 9.46. The molecule has 3 rings (SSSR count). The van der Waals surface area contributed by atoms with Gasteiger partial charge in [0.1, 0.15) is 6.61 Å². The maximum atomic E-state index is 11.1. The molecule has 8 nitrogen and oxygen atoms in total. The lowest BCUT2D eigenvalue weighted by molar-refractivity contribution is 0.284. The van der Waals surface area contributed by atoms with Crippen LogP contribution in [-0.2, 0) is 12.0 Å². The van der Waals surface area contributed by atoms with E-state index in [-0.39, 0.29) is 11.2 Å². The van der Waals surface area contributed by atoms with E-state index < -0.39 is 5.69 Å². The van der Waals surface area contributed by atoms with Crippen molar-refractivity contribution in [3.05, 3.63) is 75.8 Å². The summed E-state index contributed by atoms with van der Waals surface area (Å²) >= 11 is 0. The molecule has 0 amide bonds. The van der Waals surface area contributed by atoms with Gasteiger partial charge >= 0.3 is 5.69 Å². The molecule has 30 heavy (non-hydrogen) atoms. The summed E-state index contributed by atoms with van der Waals surface area (Å²) < 4.78 is 11.4. The number of hydrogen-bond donors (Lipinski definition) is 2. The van der Waals surface area contributed by atoms with E-state index in [0.29, 0.717) is 18.1 Å². The number of aromatic nitrogens is 3. The minimum atomic E-state index is -0.550. The summed E-state index contributed by atoms with van der Waals surface area (Å²) in [6.45, 7) is 7.01. The highest BCUT2D eigenvalue weighted by molar-refractivity contribution is 5.81. The molecule has 3 aromatic rings. The van der Waals surface area contributed by atoms with E-state index in [1.54, 1.807) is 13.3 Å². The number of anilines is 1. The van der Waals surface area contributed by atoms with Gasteiger partial charge in [-0.1, -0.05) is 45.0 Å². The molecule has 2 N–H and O–H groups in total. The Balaban J connectivity index is 1.63. The Hall–Kier alpha value is -3.68. The molecule has 8 heteroatoms. The standard InChI is InChI=1S/C22H25N5O3/c1-22(2,3)17-8-5-15(6-9-17)14-30-18-10-7-16(11-19(18)29-4)12-23-26-20-13-24-27-21(28)25-20/h5-13H,14H2,1-4H3,(H2,25,26,27,28)/b23-12+. The number of nitrogens with one attached hydrogen (secondary N) is 2. The fourth-order valence-electron chi connectivity index (χ4n) is 2.68. The van der Waals surface area contributed by atoms with Crippen LogP contribution in [0, 0.1) is 0 Å². The van der Waals surface area contributed by atoms with E-state index >= 15 is 0 Å². The minimum absolute atomic E-state index is 0.123. The molecule has 1 heterocycles. The molecule has 0 unspecified atom stereocenters. The summed E-state index contributed by atoms with van der Waals surface area (Å²) in [7, 11) is 1.59. The maximum absolute atomic E-state index is 11.1. The highest BCUT2D eigenvalue weighted by atomic mass is 16.5. The molecular weight excluding hydrogens is 382 g/mol. The van der Waals surface area contributed by atoms with Gasteiger partial charge in [-0.25, -0.2) is 9.89 Å². The molecule has 156 valence electrons. The average molecular weight is 407 g/mol. The molecule has 0 bridgehead atoms. The third-order valence-electron chi connectivity index (χ3n) is 4.36. The summed E-state index contributed by atoms with van der Waals surface area (Å²) in [4.78, 5) is 14.8. The topological polar surface area (TPSA) is 101 Å². The minimum Gasteiger partial charge on any atom is -0.493 e. The number of hydrogen-bond acceptors (Lipinski definition) is 7. The number of methoxy groups -OCH3 is 1. The first kappa shape index (κ1) is 21.0. The van der Waals surface area contributed by atoms with E-state index in [4.69, 9.17) is 9.47 Å². The first-order valence-electron chi connectivity index (χ1n) is 9.46. The molecule has 0 saturated heterocycles. The van der Waals surface area contributed by atoms with Crippen LogP contribution in [0.15, 0.2) is 58.6 Å². The molecule has 0 fully saturated rings. The Kier molecular flexibility index (Phi) is 6.46. The summed E-state index contributed by atoms with van der Waals surface area (Å²) in [5.41, 5.74) is 5.38. The van der Waals surface area contributed by atoms with Crippen molar-refractivity contribution in [2.45, 2.75) is 32.8 Å². The van der Waals surface area contributed by atoms with Gasteiger partial charge < -0.3 is 9.47 Å². The summed E-state index contributed by atoms with van der Waals surface area (Å²) in [6, 6.07) is 13.9. The van der Waals surface area contributed by atoms with Crippen molar-refractivity contribution in [1.82, 2.24) is 15.2 Å². The second-order valence-electron chi connectivity index (χ2n) is 7.69. The predicted molar refractivity (Wildman–Crippen MR) is 116 cm³/mol. The molecule has 0 aliphatic rings. The van der Waals surface area contributed by atoms with Crippen LogP contribution in [0.4, 0.5) is 5.82 Å². The zero-order valence-corrected chi connectivity index (χ0v) is 17.5. The van der Waals surface area contributed by atoms with Crippen LogP contribution in [-0.4, -0.2) is 28.5 Å². The third-order valence-corrected chi connectivity index (χ3v) is 4.36. The van der Waals surface area contributed by atoms with Gasteiger partial charge in [0, 0.05) is 0 Å². The normalized spacial score (nSPS) is 11.5. The van der Waals surface area contributed by atoms with Gasteiger partial charge in [-0.05, 0) is 40.3 Å². The van der Waals surface area contributed by atoms with Crippen molar-refractivity contribution in [3.8, 4) is 11.5 Å². The molecule has 0 atom stereocenters. The fraction of sp³-hybridized carbons (Fsp3) is 0.273. The monoisotopic (exact) mass is 407 g/mol. The summed E-state index contributed by atoms with van der Waals surface area (Å²) in [5, 5.41) is 9.89. The SMILES string of the molecule is COc1cc(/C=N/Nc2cn[nH]c(=O)n2)ccc1OCc1ccc(C(C)(C)C)cc1. The highest BCUT2D eigenvalue weighted by Gasteiger charge is 2.13. The van der Waals surface area contributed by atoms with Crippen molar-refractivity contribution >= 4 is 12.0 Å². The largest absolute Gasteiger partial charge is 0.493 e. The molecule has 1 aromatic heterocycles. The number of rotatable bonds is 7. The molecule has 0 spiro atoms. The van der Waals surface area contributed by atoms with Crippen LogP contribution in [0.25, 0.3) is 0 Å². The number of hydrazone groups is 1. The van der Waals surface area contributed by atoms with E-state index in [1.165, 1.54) is 11.8 Å². The van der Waals surface area contributed by atoms with Gasteiger partial charge in [-0.2, -0.15) is 15.2 Å². The lowest BCUT2D eigenvalue weighted by atomic mass is 9.87. The van der Waals surface area contributed by atoms with Gasteiger partial charge in [0.2, 0.25) is 0 Å². The first-order chi connectivity index (χ1) is 14.3. The van der Waals surface area contributed by atoms with Crippen molar-refractivity contribution in [1.29, 1.82) is 0 Å². The molecule has 0 saturated carbocycles. The van der Waals surface area contributed by atoms with Crippen molar-refractivity contribution in [3.63, 3.8) is 0 Å². The Morgan fingerprint density at radius 3 is 2.57 bits per heavy atom. The second kappa shape index (κ2) is 9.21. The smallest absolute Gasteiger partial charge is 0.363 e. The Labute approximate surface area is 175 Å². The third kappa shape index (κ3) is 5.66. The molecule has 0 aliphatic carbocycles. The van der Waals surface area contributed by atoms with Gasteiger partial charge in [0.15, 0.2) is 17.3 Å². The number of ether oxygens (including phenoxy) is 2. The van der Waals surface area contributed by atoms with Crippen LogP contribution < -0.4 is 20.6 Å². The zero-order chi connectivity index (χ0) is 21.6. The fourth-order valence-corrected chi connectivity index (χ4v) is 2.68. The summed E-state index contributed by atoms with van der Waals surface area (Å²) in [6.07, 6.45) is 2.95. The maximum Gasteiger partial charge on any atom is 0.363 e. The van der Waals surface area contributed by atoms with Crippen LogP contribution in [0.5, 0.6) is 11.5 Å². The lowest BCUT2D eigenvalue weighted by Crippen LogP contribution is -2.13. The van der Waals surface area contributed by atoms with E-state index in [9.17, 15) is 4.79 Å². The van der Waals surface area contributed by atoms with Crippen LogP contribution in [0.2, 0.25) is 0 Å². The quantitative estimate of drug-likeness (QED) is 0.459. The average Bonchev–Trinajstić information content (AvgIpc) is 2.72. The van der Waals surface area contributed by atoms with Gasteiger partial charge in [0.05, 0.1) is 19.5 Å². The van der Waals surface area contributed by atoms with E-state index in [2.05, 4.69) is 70.7 Å². The number of benzene rings is 2. The molecule has 0 radical (unpaired) electrons. The van der Waals surface area contributed by atoms with Crippen LogP contribution >= 0.6 is 0 Å². The molecule has 2 aromatic carbocycles. The number of H-pyrrole nitrogens is 1. The summed E-state index contributed by atoms with van der Waals surface area (Å²) in [5.74, 6) is 1.49. The van der Waals surface area contributed by atoms with Crippen LogP contribution in [0.1, 0.15) is 37.5 Å². The number of nitrogens with zero attached hydrogens (tertiary/aromatic N) is 3. The molecular formula is C22H25N5O3. The van der Waals surface area contributed by atoms with Crippen molar-refractivity contribution in [2.75, 3.05) is 12.5 Å². The van der Waals surface area contributed by atoms with Gasteiger partial charge in [-0.15, -0.1) is 0 Å². The Bertz CT molecular complexity index is 1070. The van der Waals surface area contributed by atoms with E-state index in [1.807, 2.05) is 18.2 Å². The predicted octanol–water partition coefficient (Wildman–Crippen LogP) is 3.50. The molecule has 0 aliphatic heterocycles. The van der Waals surface area contributed by atoms with Gasteiger partial charge in [0.25, 0.3) is 0 Å².